The van der Waals surface area contributed by atoms with E-state index >= 15 is 0 Å². The lowest BCUT2D eigenvalue weighted by Gasteiger charge is -2.11. The zero-order valence-electron chi connectivity index (χ0n) is 17.0. The second kappa shape index (κ2) is 9.43. The van der Waals surface area contributed by atoms with Crippen molar-refractivity contribution in [2.45, 2.75) is 25.7 Å². The van der Waals surface area contributed by atoms with Crippen molar-refractivity contribution >= 4 is 17.0 Å². The number of fused-ring (bicyclic) bond motifs is 1. The number of carboxylic acids is 1. The Labute approximate surface area is 179 Å². The number of hydrogen-bond donors (Lipinski definition) is 1. The molecule has 5 nitrogen and oxygen atoms in total. The molecular formula is C25H23FN2O3. The molecule has 6 heteroatoms. The van der Waals surface area contributed by atoms with E-state index in [-0.39, 0.29) is 12.2 Å². The number of para-hydroxylation sites is 1. The lowest BCUT2D eigenvalue weighted by molar-refractivity contribution is -0.137. The van der Waals surface area contributed by atoms with Gasteiger partial charge in [-0.1, -0.05) is 18.2 Å². The Morgan fingerprint density at radius 1 is 0.968 bits per heavy atom. The highest BCUT2D eigenvalue weighted by Gasteiger charge is 2.15. The Morgan fingerprint density at radius 2 is 1.74 bits per heavy atom. The quantitative estimate of drug-likeness (QED) is 0.346. The average Bonchev–Trinajstić information content (AvgIpc) is 3.16. The molecule has 0 fully saturated rings. The molecule has 31 heavy (non-hydrogen) atoms. The number of imidazole rings is 1. The van der Waals surface area contributed by atoms with Gasteiger partial charge >= 0.3 is 5.97 Å². The number of carboxylic acid groups (broad SMARTS) is 1. The van der Waals surface area contributed by atoms with Crippen molar-refractivity contribution in [1.82, 2.24) is 9.55 Å². The number of nitrogens with zero attached hydrogens (tertiary/aromatic N) is 2. The Bertz CT molecular complexity index is 1170. The number of carbonyl (C=O) groups is 1. The van der Waals surface area contributed by atoms with E-state index < -0.39 is 5.97 Å². The predicted octanol–water partition coefficient (Wildman–Crippen LogP) is 5.86. The van der Waals surface area contributed by atoms with E-state index in [1.54, 1.807) is 12.1 Å². The summed E-state index contributed by atoms with van der Waals surface area (Å²) in [5.41, 5.74) is 3.49. The zero-order valence-corrected chi connectivity index (χ0v) is 17.0. The molecule has 0 aliphatic heterocycles. The second-order valence-electron chi connectivity index (χ2n) is 7.32. The first-order valence-corrected chi connectivity index (χ1v) is 10.3. The maximum absolute atomic E-state index is 13.4. The second-order valence-corrected chi connectivity index (χ2v) is 7.32. The third kappa shape index (κ3) is 4.91. The summed E-state index contributed by atoms with van der Waals surface area (Å²) in [6.07, 6.45) is 2.45. The highest BCUT2D eigenvalue weighted by atomic mass is 19.1. The number of rotatable bonds is 9. The van der Waals surface area contributed by atoms with Gasteiger partial charge < -0.3 is 9.84 Å². The maximum atomic E-state index is 13.4. The van der Waals surface area contributed by atoms with E-state index in [0.29, 0.717) is 13.0 Å². The van der Waals surface area contributed by atoms with Crippen molar-refractivity contribution in [3.8, 4) is 22.8 Å². The molecule has 0 amide bonds. The first kappa shape index (κ1) is 20.6. The van der Waals surface area contributed by atoms with Gasteiger partial charge in [0.15, 0.2) is 0 Å². The van der Waals surface area contributed by atoms with E-state index in [9.17, 15) is 9.18 Å². The molecule has 1 heterocycles. The molecule has 0 radical (unpaired) electrons. The molecule has 4 aromatic rings. The van der Waals surface area contributed by atoms with Gasteiger partial charge in [0.05, 0.1) is 17.6 Å². The van der Waals surface area contributed by atoms with Gasteiger partial charge in [-0.25, -0.2) is 9.37 Å². The zero-order chi connectivity index (χ0) is 21.6. The molecule has 0 saturated heterocycles. The van der Waals surface area contributed by atoms with Crippen LogP contribution in [-0.4, -0.2) is 27.2 Å². The minimum absolute atomic E-state index is 0.189. The minimum atomic E-state index is -0.766. The molecule has 3 aromatic carbocycles. The molecule has 0 unspecified atom stereocenters. The number of ether oxygens (including phenoxy) is 1. The van der Waals surface area contributed by atoms with Crippen LogP contribution in [0.3, 0.4) is 0 Å². The largest absolute Gasteiger partial charge is 0.494 e. The molecule has 158 valence electrons. The SMILES string of the molecule is O=C(O)CCCCCOc1ccc2nc(-c3ccc(F)cc3)n(-c3ccccc3)c2c1. The summed E-state index contributed by atoms with van der Waals surface area (Å²) in [5.74, 6) is 0.406. The van der Waals surface area contributed by atoms with Gasteiger partial charge in [0.2, 0.25) is 0 Å². The van der Waals surface area contributed by atoms with Crippen molar-refractivity contribution in [3.05, 3.63) is 78.6 Å². The summed E-state index contributed by atoms with van der Waals surface area (Å²) in [6.45, 7) is 0.523. The molecule has 1 N–H and O–H groups in total. The molecule has 0 aliphatic carbocycles. The number of hydrogen-bond acceptors (Lipinski definition) is 3. The van der Waals surface area contributed by atoms with Crippen molar-refractivity contribution in [1.29, 1.82) is 0 Å². The normalized spacial score (nSPS) is 11.0. The standard InChI is InChI=1S/C25H23FN2O3/c26-19-12-10-18(11-13-19)25-27-22-15-14-21(31-16-6-2-5-9-24(29)30)17-23(22)28(25)20-7-3-1-4-8-20/h1,3-4,7-8,10-15,17H,2,5-6,9,16H2,(H,29,30). The van der Waals surface area contributed by atoms with Gasteiger partial charge in [-0.05, 0) is 67.8 Å². The number of aromatic nitrogens is 2. The minimum Gasteiger partial charge on any atom is -0.494 e. The predicted molar refractivity (Wildman–Crippen MR) is 118 cm³/mol. The monoisotopic (exact) mass is 418 g/mol. The van der Waals surface area contributed by atoms with Gasteiger partial charge in [-0.2, -0.15) is 0 Å². The van der Waals surface area contributed by atoms with Crippen LogP contribution < -0.4 is 4.74 Å². The summed E-state index contributed by atoms with van der Waals surface area (Å²) in [4.78, 5) is 15.4. The molecule has 4 rings (SSSR count). The molecule has 0 atom stereocenters. The lowest BCUT2D eigenvalue weighted by Crippen LogP contribution is -2.00. The summed E-state index contributed by atoms with van der Waals surface area (Å²) in [5, 5.41) is 8.71. The van der Waals surface area contributed by atoms with Crippen LogP contribution in [0.25, 0.3) is 28.1 Å². The van der Waals surface area contributed by atoms with E-state index in [1.807, 2.05) is 53.1 Å². The molecule has 1 aromatic heterocycles. The van der Waals surface area contributed by atoms with Crippen LogP contribution in [0.4, 0.5) is 4.39 Å². The Hall–Kier alpha value is -3.67. The van der Waals surface area contributed by atoms with Crippen LogP contribution in [0.15, 0.2) is 72.8 Å². The van der Waals surface area contributed by atoms with Crippen molar-refractivity contribution in [2.75, 3.05) is 6.61 Å². The van der Waals surface area contributed by atoms with Crippen LogP contribution >= 0.6 is 0 Å². The van der Waals surface area contributed by atoms with Crippen LogP contribution in [0, 0.1) is 5.82 Å². The molecular weight excluding hydrogens is 395 g/mol. The third-order valence-electron chi connectivity index (χ3n) is 5.05. The van der Waals surface area contributed by atoms with Crippen LogP contribution in [0.1, 0.15) is 25.7 Å². The highest BCUT2D eigenvalue weighted by Crippen LogP contribution is 2.31. The number of halogens is 1. The summed E-state index contributed by atoms with van der Waals surface area (Å²) >= 11 is 0. The van der Waals surface area contributed by atoms with Crippen LogP contribution in [0.5, 0.6) is 5.75 Å². The number of aliphatic carboxylic acids is 1. The lowest BCUT2D eigenvalue weighted by atomic mass is 10.2. The van der Waals surface area contributed by atoms with E-state index in [1.165, 1.54) is 12.1 Å². The van der Waals surface area contributed by atoms with Gasteiger partial charge in [-0.15, -0.1) is 0 Å². The first-order valence-electron chi connectivity index (χ1n) is 10.3. The topological polar surface area (TPSA) is 64.3 Å². The van der Waals surface area contributed by atoms with Gasteiger partial charge in [-0.3, -0.25) is 9.36 Å². The van der Waals surface area contributed by atoms with Gasteiger partial charge in [0.25, 0.3) is 0 Å². The van der Waals surface area contributed by atoms with E-state index in [2.05, 4.69) is 0 Å². The van der Waals surface area contributed by atoms with Crippen molar-refractivity contribution < 1.29 is 19.0 Å². The Morgan fingerprint density at radius 3 is 2.48 bits per heavy atom. The number of benzene rings is 3. The highest BCUT2D eigenvalue weighted by molar-refractivity contribution is 5.84. The fourth-order valence-electron chi connectivity index (χ4n) is 3.52. The van der Waals surface area contributed by atoms with E-state index in [4.69, 9.17) is 14.8 Å². The van der Waals surface area contributed by atoms with Gasteiger partial charge in [0.1, 0.15) is 17.4 Å². The fourth-order valence-corrected chi connectivity index (χ4v) is 3.52. The van der Waals surface area contributed by atoms with Crippen molar-refractivity contribution in [2.24, 2.45) is 0 Å². The molecule has 0 saturated carbocycles. The first-order chi connectivity index (χ1) is 15.1. The molecule has 0 aliphatic rings. The summed E-state index contributed by atoms with van der Waals surface area (Å²) in [6, 6.07) is 22.0. The Balaban J connectivity index is 1.63. The summed E-state index contributed by atoms with van der Waals surface area (Å²) in [7, 11) is 0. The fraction of sp³-hybridized carbons (Fsp3) is 0.200. The van der Waals surface area contributed by atoms with Gasteiger partial charge in [0, 0.05) is 23.7 Å². The van der Waals surface area contributed by atoms with Crippen molar-refractivity contribution in [3.63, 3.8) is 0 Å². The average molecular weight is 418 g/mol. The van der Waals surface area contributed by atoms with Crippen LogP contribution in [-0.2, 0) is 4.79 Å². The smallest absolute Gasteiger partial charge is 0.303 e. The molecule has 0 bridgehead atoms. The maximum Gasteiger partial charge on any atom is 0.303 e. The van der Waals surface area contributed by atoms with E-state index in [0.717, 1.165) is 46.7 Å². The van der Waals surface area contributed by atoms with Crippen LogP contribution in [0.2, 0.25) is 0 Å². The number of unbranched alkanes of at least 4 members (excludes halogenated alkanes) is 2. The Kier molecular flexibility index (Phi) is 6.26. The molecule has 0 spiro atoms. The summed E-state index contributed by atoms with van der Waals surface area (Å²) < 4.78 is 21.4. The third-order valence-corrected chi connectivity index (χ3v) is 5.05.